The fourth-order valence-electron chi connectivity index (χ4n) is 6.46. The predicted octanol–water partition coefficient (Wildman–Crippen LogP) is 2.45. The summed E-state index contributed by atoms with van der Waals surface area (Å²) in [7, 11) is 0. The highest BCUT2D eigenvalue weighted by atomic mass is 16.7. The van der Waals surface area contributed by atoms with Gasteiger partial charge in [0.05, 0.1) is 36.3 Å². The van der Waals surface area contributed by atoms with E-state index in [1.807, 2.05) is 19.1 Å². The van der Waals surface area contributed by atoms with Crippen LogP contribution in [0.3, 0.4) is 0 Å². The minimum atomic E-state index is -1.01. The number of nitrogens with zero attached hydrogens (tertiary/aromatic N) is 1. The van der Waals surface area contributed by atoms with Crippen LogP contribution in [0.4, 0.5) is 5.69 Å². The van der Waals surface area contributed by atoms with Gasteiger partial charge in [-0.1, -0.05) is 19.1 Å². The second kappa shape index (κ2) is 6.73. The van der Waals surface area contributed by atoms with Crippen LogP contribution in [-0.4, -0.2) is 47.0 Å². The molecular weight excluding hydrogens is 440 g/mol. The number of hydrogen-bond donors (Lipinski definition) is 1. The van der Waals surface area contributed by atoms with Crippen molar-refractivity contribution in [3.63, 3.8) is 0 Å². The number of anilines is 1. The standard InChI is InChI=1S/C25H22N2O7/c1-12-15(28)10-14(16-3-2-8-31-16)27-22(12)25-7-6-18(34-25)20(21(25)24(27)30)23(29)26-13-4-5-17-19(9-13)33-11-32-17/h2-9,12,14,18,20-22H,10-11H2,1H3,(H,26,29)/t12?,14?,18?,20?,21-,22?,25-/m0/s1. The fourth-order valence-corrected chi connectivity index (χ4v) is 6.46. The molecule has 5 unspecified atom stereocenters. The van der Waals surface area contributed by atoms with E-state index in [0.717, 1.165) is 0 Å². The number of nitrogens with one attached hydrogen (secondary N) is 1. The molecule has 9 nitrogen and oxygen atoms in total. The molecule has 3 fully saturated rings. The quantitative estimate of drug-likeness (QED) is 0.698. The molecule has 3 saturated heterocycles. The molecule has 6 heterocycles. The number of rotatable bonds is 3. The van der Waals surface area contributed by atoms with E-state index in [9.17, 15) is 14.4 Å². The summed E-state index contributed by atoms with van der Waals surface area (Å²) in [4.78, 5) is 42.2. The number of ketones is 1. The molecule has 2 bridgehead atoms. The summed E-state index contributed by atoms with van der Waals surface area (Å²) in [6, 6.07) is 7.69. The molecule has 0 aliphatic carbocycles. The number of ether oxygens (including phenoxy) is 3. The molecule has 1 N–H and O–H groups in total. The molecule has 2 aromatic rings. The van der Waals surface area contributed by atoms with E-state index in [2.05, 4.69) is 5.32 Å². The van der Waals surface area contributed by atoms with E-state index < -0.39 is 41.5 Å². The molecule has 34 heavy (non-hydrogen) atoms. The maximum absolute atomic E-state index is 13.9. The zero-order chi connectivity index (χ0) is 23.2. The van der Waals surface area contributed by atoms with Crippen molar-refractivity contribution in [1.82, 2.24) is 4.90 Å². The van der Waals surface area contributed by atoms with Crippen LogP contribution in [0.1, 0.15) is 25.1 Å². The number of amides is 2. The van der Waals surface area contributed by atoms with Crippen molar-refractivity contribution in [2.75, 3.05) is 12.1 Å². The van der Waals surface area contributed by atoms with Crippen molar-refractivity contribution in [2.24, 2.45) is 17.8 Å². The Morgan fingerprint density at radius 2 is 2.03 bits per heavy atom. The van der Waals surface area contributed by atoms with Crippen LogP contribution in [-0.2, 0) is 19.1 Å². The summed E-state index contributed by atoms with van der Waals surface area (Å²) in [5.74, 6) is -0.534. The third-order valence-corrected chi connectivity index (χ3v) is 7.89. The molecule has 5 aliphatic heterocycles. The number of carbonyl (C=O) groups is 3. The van der Waals surface area contributed by atoms with Crippen LogP contribution < -0.4 is 14.8 Å². The number of Topliss-reactive ketones (excluding diaryl/α,β-unsaturated/α-hetero) is 1. The van der Waals surface area contributed by atoms with Crippen molar-refractivity contribution in [2.45, 2.75) is 37.1 Å². The van der Waals surface area contributed by atoms with Crippen LogP contribution in [0.15, 0.2) is 53.2 Å². The Labute approximate surface area is 194 Å². The average molecular weight is 462 g/mol. The summed E-state index contributed by atoms with van der Waals surface area (Å²) in [6.07, 6.45) is 4.93. The number of benzene rings is 1. The monoisotopic (exact) mass is 462 g/mol. The topological polar surface area (TPSA) is 107 Å². The number of carbonyl (C=O) groups excluding carboxylic acids is 3. The third-order valence-electron chi connectivity index (χ3n) is 7.89. The summed E-state index contributed by atoms with van der Waals surface area (Å²) < 4.78 is 22.7. The van der Waals surface area contributed by atoms with Gasteiger partial charge in [-0.15, -0.1) is 0 Å². The molecule has 0 radical (unpaired) electrons. The first kappa shape index (κ1) is 19.8. The van der Waals surface area contributed by atoms with Gasteiger partial charge in [0.15, 0.2) is 11.5 Å². The van der Waals surface area contributed by atoms with Gasteiger partial charge in [0.1, 0.15) is 17.1 Å². The molecule has 174 valence electrons. The van der Waals surface area contributed by atoms with Gasteiger partial charge in [0, 0.05) is 24.1 Å². The Balaban J connectivity index is 1.24. The molecule has 1 spiro atoms. The Morgan fingerprint density at radius 1 is 1.18 bits per heavy atom. The smallest absolute Gasteiger partial charge is 0.231 e. The molecule has 7 atom stereocenters. The van der Waals surface area contributed by atoms with E-state index in [1.54, 1.807) is 35.2 Å². The predicted molar refractivity (Wildman–Crippen MR) is 116 cm³/mol. The lowest BCUT2D eigenvalue weighted by molar-refractivity contribution is -0.147. The van der Waals surface area contributed by atoms with Crippen molar-refractivity contribution in [3.8, 4) is 11.5 Å². The highest BCUT2D eigenvalue weighted by Crippen LogP contribution is 2.60. The van der Waals surface area contributed by atoms with Gasteiger partial charge < -0.3 is 28.8 Å². The van der Waals surface area contributed by atoms with Crippen LogP contribution in [0, 0.1) is 17.8 Å². The van der Waals surface area contributed by atoms with Crippen molar-refractivity contribution in [1.29, 1.82) is 0 Å². The van der Waals surface area contributed by atoms with E-state index in [0.29, 0.717) is 22.9 Å². The van der Waals surface area contributed by atoms with Gasteiger partial charge in [0.2, 0.25) is 18.6 Å². The maximum Gasteiger partial charge on any atom is 0.231 e. The molecule has 1 aromatic heterocycles. The van der Waals surface area contributed by atoms with Gasteiger partial charge in [-0.05, 0) is 24.3 Å². The number of furan rings is 1. The summed E-state index contributed by atoms with van der Waals surface area (Å²) in [5.41, 5.74) is -0.464. The second-order valence-corrected chi connectivity index (χ2v) is 9.54. The average Bonchev–Trinajstić information content (AvgIpc) is 3.64. The maximum atomic E-state index is 13.9. The molecule has 5 aliphatic rings. The lowest BCUT2D eigenvalue weighted by Crippen LogP contribution is -2.55. The van der Waals surface area contributed by atoms with Gasteiger partial charge in [-0.2, -0.15) is 0 Å². The molecule has 0 saturated carbocycles. The van der Waals surface area contributed by atoms with Crippen molar-refractivity contribution < 1.29 is 33.0 Å². The lowest BCUT2D eigenvalue weighted by Gasteiger charge is -2.43. The number of fused-ring (bicyclic) bond motifs is 3. The summed E-state index contributed by atoms with van der Waals surface area (Å²) in [6.45, 7) is 1.98. The normalized spacial score (nSPS) is 36.7. The van der Waals surface area contributed by atoms with Crippen molar-refractivity contribution in [3.05, 3.63) is 54.5 Å². The highest BCUT2D eigenvalue weighted by molar-refractivity contribution is 6.01. The molecule has 2 amide bonds. The van der Waals surface area contributed by atoms with E-state index in [-0.39, 0.29) is 30.8 Å². The zero-order valence-electron chi connectivity index (χ0n) is 18.3. The first-order valence-electron chi connectivity index (χ1n) is 11.4. The van der Waals surface area contributed by atoms with Crippen LogP contribution >= 0.6 is 0 Å². The second-order valence-electron chi connectivity index (χ2n) is 9.54. The molecule has 9 heteroatoms. The minimum Gasteiger partial charge on any atom is -0.467 e. The van der Waals surface area contributed by atoms with Gasteiger partial charge in [-0.25, -0.2) is 0 Å². The zero-order valence-corrected chi connectivity index (χ0v) is 18.3. The van der Waals surface area contributed by atoms with E-state index >= 15 is 0 Å². The first-order chi connectivity index (χ1) is 16.5. The Hall–Kier alpha value is -3.59. The van der Waals surface area contributed by atoms with E-state index in [4.69, 9.17) is 18.6 Å². The molecular formula is C25H22N2O7. The Kier molecular flexibility index (Phi) is 3.92. The molecule has 7 rings (SSSR count). The Bertz CT molecular complexity index is 1250. The summed E-state index contributed by atoms with van der Waals surface area (Å²) in [5, 5.41) is 2.92. The minimum absolute atomic E-state index is 0.0548. The Morgan fingerprint density at radius 3 is 2.85 bits per heavy atom. The van der Waals surface area contributed by atoms with Crippen LogP contribution in [0.2, 0.25) is 0 Å². The highest BCUT2D eigenvalue weighted by Gasteiger charge is 2.74. The third kappa shape index (κ3) is 2.45. The number of hydrogen-bond acceptors (Lipinski definition) is 7. The van der Waals surface area contributed by atoms with Gasteiger partial charge >= 0.3 is 0 Å². The lowest BCUT2D eigenvalue weighted by atomic mass is 9.70. The number of piperidine rings is 1. The van der Waals surface area contributed by atoms with Crippen molar-refractivity contribution >= 4 is 23.3 Å². The van der Waals surface area contributed by atoms with Crippen LogP contribution in [0.5, 0.6) is 11.5 Å². The van der Waals surface area contributed by atoms with E-state index in [1.165, 1.54) is 6.26 Å². The summed E-state index contributed by atoms with van der Waals surface area (Å²) >= 11 is 0. The van der Waals surface area contributed by atoms with Gasteiger partial charge in [-0.3, -0.25) is 14.4 Å². The molecule has 1 aromatic carbocycles. The van der Waals surface area contributed by atoms with Gasteiger partial charge in [0.25, 0.3) is 0 Å². The SMILES string of the molecule is CC1C(=O)CC(c2ccco2)N2C(=O)[C@@H]3C(C(=O)Nc4ccc5c(c4)OCO5)C4C=C[C@@]3(O4)C12. The largest absolute Gasteiger partial charge is 0.467 e. The van der Waals surface area contributed by atoms with Crippen LogP contribution in [0.25, 0.3) is 0 Å². The fraction of sp³-hybridized carbons (Fsp3) is 0.400. The first-order valence-corrected chi connectivity index (χ1v) is 11.4.